The molecule has 1 atom stereocenters. The molecule has 3 heteroatoms. The van der Waals surface area contributed by atoms with E-state index >= 15 is 0 Å². The fourth-order valence-electron chi connectivity index (χ4n) is 1.17. The second kappa shape index (κ2) is 5.20. The average Bonchev–Trinajstić information content (AvgIpc) is 2.17. The second-order valence-corrected chi connectivity index (χ2v) is 3.28. The minimum absolute atomic E-state index is 0.0136. The summed E-state index contributed by atoms with van der Waals surface area (Å²) in [6, 6.07) is 7.07. The number of carboxylic acids is 1. The van der Waals surface area contributed by atoms with Gasteiger partial charge in [0, 0.05) is 0 Å². The van der Waals surface area contributed by atoms with Crippen LogP contribution >= 0.6 is 0 Å². The summed E-state index contributed by atoms with van der Waals surface area (Å²) in [5, 5.41) is 8.63. The van der Waals surface area contributed by atoms with Crippen LogP contribution in [-0.4, -0.2) is 17.2 Å². The summed E-state index contributed by atoms with van der Waals surface area (Å²) in [4.78, 5) is 10.5. The van der Waals surface area contributed by atoms with Gasteiger partial charge in [-0.1, -0.05) is 24.8 Å². The van der Waals surface area contributed by atoms with Gasteiger partial charge in [-0.25, -0.2) is 0 Å². The van der Waals surface area contributed by atoms with Crippen LogP contribution in [0.25, 0.3) is 0 Å². The Morgan fingerprint density at radius 1 is 1.67 bits per heavy atom. The molecule has 0 fully saturated rings. The topological polar surface area (TPSA) is 46.5 Å². The standard InChI is InChI=1S/C12H14O3/c1-3-9(2)15-11-6-4-5-10(7-11)8-12(13)14/h3-7,9H,1,8H2,2H3,(H,13,14). The van der Waals surface area contributed by atoms with Crippen LogP contribution < -0.4 is 4.74 Å². The predicted octanol–water partition coefficient (Wildman–Crippen LogP) is 2.27. The van der Waals surface area contributed by atoms with Crippen LogP contribution in [0.1, 0.15) is 12.5 Å². The van der Waals surface area contributed by atoms with Gasteiger partial charge < -0.3 is 9.84 Å². The molecule has 0 saturated heterocycles. The monoisotopic (exact) mass is 206 g/mol. The molecule has 0 saturated carbocycles. The molecule has 0 bridgehead atoms. The lowest BCUT2D eigenvalue weighted by Crippen LogP contribution is -2.07. The van der Waals surface area contributed by atoms with Gasteiger partial charge in [0.25, 0.3) is 0 Å². The molecule has 80 valence electrons. The number of benzene rings is 1. The van der Waals surface area contributed by atoms with Crippen LogP contribution in [0, 0.1) is 0 Å². The number of aliphatic carboxylic acids is 1. The van der Waals surface area contributed by atoms with E-state index in [-0.39, 0.29) is 12.5 Å². The maximum atomic E-state index is 10.5. The van der Waals surface area contributed by atoms with Crippen molar-refractivity contribution in [2.24, 2.45) is 0 Å². The Morgan fingerprint density at radius 3 is 3.00 bits per heavy atom. The Bertz CT molecular complexity index is 358. The molecule has 1 N–H and O–H groups in total. The zero-order chi connectivity index (χ0) is 11.3. The molecule has 3 nitrogen and oxygen atoms in total. The number of ether oxygens (including phenoxy) is 1. The van der Waals surface area contributed by atoms with Gasteiger partial charge in [-0.3, -0.25) is 4.79 Å². The van der Waals surface area contributed by atoms with Crippen LogP contribution in [0.2, 0.25) is 0 Å². The van der Waals surface area contributed by atoms with Gasteiger partial charge in [-0.05, 0) is 24.6 Å². The molecule has 0 aliphatic heterocycles. The van der Waals surface area contributed by atoms with Crippen molar-refractivity contribution in [1.82, 2.24) is 0 Å². The first-order chi connectivity index (χ1) is 7.11. The molecule has 0 spiro atoms. The normalized spacial score (nSPS) is 11.8. The number of carbonyl (C=O) groups is 1. The third kappa shape index (κ3) is 3.85. The van der Waals surface area contributed by atoms with Crippen LogP contribution in [0.3, 0.4) is 0 Å². The maximum Gasteiger partial charge on any atom is 0.307 e. The first kappa shape index (κ1) is 11.3. The highest BCUT2D eigenvalue weighted by atomic mass is 16.5. The molecular weight excluding hydrogens is 192 g/mol. The van der Waals surface area contributed by atoms with E-state index in [1.54, 1.807) is 30.3 Å². The second-order valence-electron chi connectivity index (χ2n) is 3.28. The minimum atomic E-state index is -0.844. The van der Waals surface area contributed by atoms with E-state index in [4.69, 9.17) is 9.84 Å². The summed E-state index contributed by atoms with van der Waals surface area (Å²) < 4.78 is 5.47. The van der Waals surface area contributed by atoms with Crippen molar-refractivity contribution < 1.29 is 14.6 Å². The lowest BCUT2D eigenvalue weighted by atomic mass is 10.1. The number of hydrogen-bond donors (Lipinski definition) is 1. The largest absolute Gasteiger partial charge is 0.487 e. The highest BCUT2D eigenvalue weighted by molar-refractivity contribution is 5.70. The van der Waals surface area contributed by atoms with E-state index in [2.05, 4.69) is 6.58 Å². The Hall–Kier alpha value is -1.77. The maximum absolute atomic E-state index is 10.5. The first-order valence-corrected chi connectivity index (χ1v) is 4.71. The summed E-state index contributed by atoms with van der Waals surface area (Å²) in [5.74, 6) is -0.176. The fourth-order valence-corrected chi connectivity index (χ4v) is 1.17. The van der Waals surface area contributed by atoms with E-state index in [0.29, 0.717) is 5.75 Å². The molecule has 0 aliphatic carbocycles. The Morgan fingerprint density at radius 2 is 2.40 bits per heavy atom. The molecular formula is C12H14O3. The molecule has 0 heterocycles. The van der Waals surface area contributed by atoms with Gasteiger partial charge in [-0.15, -0.1) is 0 Å². The van der Waals surface area contributed by atoms with Crippen molar-refractivity contribution in [2.75, 3.05) is 0 Å². The Labute approximate surface area is 89.0 Å². The lowest BCUT2D eigenvalue weighted by Gasteiger charge is -2.10. The molecule has 1 aromatic carbocycles. The smallest absolute Gasteiger partial charge is 0.307 e. The van der Waals surface area contributed by atoms with Gasteiger partial charge in [0.15, 0.2) is 0 Å². The SMILES string of the molecule is C=CC(C)Oc1cccc(CC(=O)O)c1. The molecule has 0 aliphatic rings. The van der Waals surface area contributed by atoms with Crippen LogP contribution in [0.15, 0.2) is 36.9 Å². The van der Waals surface area contributed by atoms with E-state index < -0.39 is 5.97 Å². The van der Waals surface area contributed by atoms with Crippen LogP contribution in [0.4, 0.5) is 0 Å². The summed E-state index contributed by atoms with van der Waals surface area (Å²) in [7, 11) is 0. The zero-order valence-corrected chi connectivity index (χ0v) is 8.64. The van der Waals surface area contributed by atoms with Gasteiger partial charge in [0.1, 0.15) is 11.9 Å². The quantitative estimate of drug-likeness (QED) is 0.752. The van der Waals surface area contributed by atoms with Crippen molar-refractivity contribution >= 4 is 5.97 Å². The molecule has 1 unspecified atom stereocenters. The van der Waals surface area contributed by atoms with E-state index in [1.807, 2.05) is 6.92 Å². The van der Waals surface area contributed by atoms with Crippen molar-refractivity contribution in [2.45, 2.75) is 19.4 Å². The van der Waals surface area contributed by atoms with Gasteiger partial charge in [-0.2, -0.15) is 0 Å². The highest BCUT2D eigenvalue weighted by Gasteiger charge is 2.03. The third-order valence-corrected chi connectivity index (χ3v) is 1.91. The van der Waals surface area contributed by atoms with Crippen molar-refractivity contribution in [1.29, 1.82) is 0 Å². The summed E-state index contributed by atoms with van der Waals surface area (Å²) in [5.41, 5.74) is 0.733. The van der Waals surface area contributed by atoms with Crippen molar-refractivity contribution in [3.63, 3.8) is 0 Å². The summed E-state index contributed by atoms with van der Waals surface area (Å²) in [6.45, 7) is 5.48. The predicted molar refractivity (Wildman–Crippen MR) is 58.1 cm³/mol. The Kier molecular flexibility index (Phi) is 3.92. The van der Waals surface area contributed by atoms with Crippen LogP contribution in [-0.2, 0) is 11.2 Å². The first-order valence-electron chi connectivity index (χ1n) is 4.71. The fraction of sp³-hybridized carbons (Fsp3) is 0.250. The Balaban J connectivity index is 2.73. The zero-order valence-electron chi connectivity index (χ0n) is 8.64. The molecule has 0 radical (unpaired) electrons. The van der Waals surface area contributed by atoms with Crippen LogP contribution in [0.5, 0.6) is 5.75 Å². The van der Waals surface area contributed by atoms with E-state index in [1.165, 1.54) is 0 Å². The highest BCUT2D eigenvalue weighted by Crippen LogP contribution is 2.15. The number of rotatable bonds is 5. The molecule has 1 rings (SSSR count). The summed E-state index contributed by atoms with van der Waals surface area (Å²) in [6.07, 6.45) is 1.62. The molecule has 1 aromatic rings. The molecule has 0 amide bonds. The summed E-state index contributed by atoms with van der Waals surface area (Å²) >= 11 is 0. The van der Waals surface area contributed by atoms with E-state index in [0.717, 1.165) is 5.56 Å². The average molecular weight is 206 g/mol. The number of carboxylic acid groups (broad SMARTS) is 1. The van der Waals surface area contributed by atoms with Gasteiger partial charge in [0.2, 0.25) is 0 Å². The lowest BCUT2D eigenvalue weighted by molar-refractivity contribution is -0.136. The van der Waals surface area contributed by atoms with Crippen molar-refractivity contribution in [3.05, 3.63) is 42.5 Å². The van der Waals surface area contributed by atoms with E-state index in [9.17, 15) is 4.79 Å². The van der Waals surface area contributed by atoms with Gasteiger partial charge in [0.05, 0.1) is 6.42 Å². The molecule has 0 aromatic heterocycles. The minimum Gasteiger partial charge on any atom is -0.487 e. The van der Waals surface area contributed by atoms with Crippen molar-refractivity contribution in [3.8, 4) is 5.75 Å². The third-order valence-electron chi connectivity index (χ3n) is 1.91. The number of hydrogen-bond acceptors (Lipinski definition) is 2. The molecule has 15 heavy (non-hydrogen) atoms. The van der Waals surface area contributed by atoms with Gasteiger partial charge >= 0.3 is 5.97 Å².